The molecule has 0 saturated heterocycles. The first-order valence-corrected chi connectivity index (χ1v) is 3.54. The van der Waals surface area contributed by atoms with Crippen molar-refractivity contribution in [3.05, 3.63) is 17.5 Å². The second kappa shape index (κ2) is 2.09. The van der Waals surface area contributed by atoms with Gasteiger partial charge in [0.1, 0.15) is 5.76 Å². The Morgan fingerprint density at radius 1 is 1.70 bits per heavy atom. The Morgan fingerprint density at radius 2 is 2.60 bits per heavy atom. The summed E-state index contributed by atoms with van der Waals surface area (Å²) in [4.78, 5) is 0. The molecular formula is C7H10N2O. The van der Waals surface area contributed by atoms with Gasteiger partial charge in [-0.3, -0.25) is 0 Å². The Bertz CT molecular complexity index is 231. The van der Waals surface area contributed by atoms with E-state index in [9.17, 15) is 0 Å². The van der Waals surface area contributed by atoms with E-state index in [1.807, 2.05) is 0 Å². The average molecular weight is 138 g/mol. The van der Waals surface area contributed by atoms with Gasteiger partial charge in [0.25, 0.3) is 0 Å². The van der Waals surface area contributed by atoms with Crippen LogP contribution in [0.25, 0.3) is 0 Å². The molecule has 3 nitrogen and oxygen atoms in total. The van der Waals surface area contributed by atoms with Crippen molar-refractivity contribution < 1.29 is 4.52 Å². The highest BCUT2D eigenvalue weighted by atomic mass is 16.5. The highest BCUT2D eigenvalue weighted by Crippen LogP contribution is 2.19. The zero-order valence-corrected chi connectivity index (χ0v) is 5.71. The highest BCUT2D eigenvalue weighted by molar-refractivity contribution is 5.17. The van der Waals surface area contributed by atoms with Gasteiger partial charge >= 0.3 is 0 Å². The maximum absolute atomic E-state index is 5.72. The lowest BCUT2D eigenvalue weighted by Crippen LogP contribution is -2.26. The third-order valence-corrected chi connectivity index (χ3v) is 1.96. The predicted molar refractivity (Wildman–Crippen MR) is 36.5 cm³/mol. The number of nitrogens with two attached hydrogens (primary N) is 1. The minimum absolute atomic E-state index is 0.278. The van der Waals surface area contributed by atoms with Crippen molar-refractivity contribution in [3.8, 4) is 0 Å². The van der Waals surface area contributed by atoms with Crippen LogP contribution in [-0.4, -0.2) is 11.2 Å². The molecule has 1 atom stereocenters. The molecule has 0 saturated carbocycles. The standard InChI is InChI=1S/C7H10N2O/c8-6-2-1-5-4-9-10-7(5)3-6/h4,6H,1-3,8H2. The molecule has 1 aliphatic rings. The first kappa shape index (κ1) is 5.92. The lowest BCUT2D eigenvalue weighted by atomic mass is 9.95. The van der Waals surface area contributed by atoms with E-state index >= 15 is 0 Å². The molecule has 10 heavy (non-hydrogen) atoms. The van der Waals surface area contributed by atoms with Gasteiger partial charge in [-0.2, -0.15) is 0 Å². The minimum Gasteiger partial charge on any atom is -0.361 e. The summed E-state index contributed by atoms with van der Waals surface area (Å²) < 4.78 is 5.00. The lowest BCUT2D eigenvalue weighted by molar-refractivity contribution is 0.362. The normalized spacial score (nSPS) is 24.3. The molecule has 0 amide bonds. The predicted octanol–water partition coefficient (Wildman–Crippen LogP) is 0.491. The Kier molecular flexibility index (Phi) is 1.24. The highest BCUT2D eigenvalue weighted by Gasteiger charge is 2.18. The molecule has 0 radical (unpaired) electrons. The molecule has 2 rings (SSSR count). The van der Waals surface area contributed by atoms with Crippen LogP contribution in [0.1, 0.15) is 17.7 Å². The van der Waals surface area contributed by atoms with Crippen molar-refractivity contribution in [3.63, 3.8) is 0 Å². The molecule has 0 spiro atoms. The van der Waals surface area contributed by atoms with Gasteiger partial charge < -0.3 is 10.3 Å². The smallest absolute Gasteiger partial charge is 0.141 e. The number of hydrogen-bond donors (Lipinski definition) is 1. The maximum atomic E-state index is 5.72. The van der Waals surface area contributed by atoms with Crippen LogP contribution in [0.15, 0.2) is 10.7 Å². The van der Waals surface area contributed by atoms with Gasteiger partial charge in [-0.25, -0.2) is 0 Å². The van der Waals surface area contributed by atoms with E-state index in [1.54, 1.807) is 6.20 Å². The molecule has 1 heterocycles. The van der Waals surface area contributed by atoms with Crippen LogP contribution in [0.4, 0.5) is 0 Å². The summed E-state index contributed by atoms with van der Waals surface area (Å²) >= 11 is 0. The molecule has 2 N–H and O–H groups in total. The number of hydrogen-bond acceptors (Lipinski definition) is 3. The van der Waals surface area contributed by atoms with Gasteiger partial charge in [-0.15, -0.1) is 0 Å². The van der Waals surface area contributed by atoms with Gasteiger partial charge in [0.15, 0.2) is 0 Å². The zero-order chi connectivity index (χ0) is 6.97. The summed E-state index contributed by atoms with van der Waals surface area (Å²) in [7, 11) is 0. The van der Waals surface area contributed by atoms with Crippen LogP contribution in [0, 0.1) is 0 Å². The number of aromatic nitrogens is 1. The summed E-state index contributed by atoms with van der Waals surface area (Å²) in [5, 5.41) is 3.71. The quantitative estimate of drug-likeness (QED) is 0.567. The van der Waals surface area contributed by atoms with Gasteiger partial charge in [-0.1, -0.05) is 5.16 Å². The summed E-state index contributed by atoms with van der Waals surface area (Å²) in [6, 6.07) is 0.278. The van der Waals surface area contributed by atoms with Gasteiger partial charge in [0.2, 0.25) is 0 Å². The Morgan fingerprint density at radius 3 is 3.50 bits per heavy atom. The number of fused-ring (bicyclic) bond motifs is 1. The monoisotopic (exact) mass is 138 g/mol. The summed E-state index contributed by atoms with van der Waals surface area (Å²) in [5.74, 6) is 0.985. The van der Waals surface area contributed by atoms with Crippen LogP contribution in [-0.2, 0) is 12.8 Å². The molecule has 1 aliphatic carbocycles. The third kappa shape index (κ3) is 0.827. The molecule has 0 aliphatic heterocycles. The van der Waals surface area contributed by atoms with Crippen LogP contribution >= 0.6 is 0 Å². The van der Waals surface area contributed by atoms with E-state index in [0.29, 0.717) is 0 Å². The Balaban J connectivity index is 2.30. The molecule has 1 aromatic heterocycles. The molecule has 0 bridgehead atoms. The molecule has 0 aromatic carbocycles. The topological polar surface area (TPSA) is 52.0 Å². The van der Waals surface area contributed by atoms with Gasteiger partial charge in [-0.05, 0) is 12.8 Å². The first-order valence-electron chi connectivity index (χ1n) is 3.54. The molecule has 54 valence electrons. The van der Waals surface area contributed by atoms with Gasteiger partial charge in [0, 0.05) is 18.0 Å². The van der Waals surface area contributed by atoms with E-state index in [-0.39, 0.29) is 6.04 Å². The molecular weight excluding hydrogens is 128 g/mol. The fourth-order valence-corrected chi connectivity index (χ4v) is 1.34. The second-order valence-corrected chi connectivity index (χ2v) is 2.78. The molecule has 1 aromatic rings. The van der Waals surface area contributed by atoms with E-state index in [1.165, 1.54) is 5.56 Å². The Labute approximate surface area is 59.2 Å². The third-order valence-electron chi connectivity index (χ3n) is 1.96. The number of nitrogens with zero attached hydrogens (tertiary/aromatic N) is 1. The van der Waals surface area contributed by atoms with E-state index in [4.69, 9.17) is 10.3 Å². The maximum Gasteiger partial charge on any atom is 0.141 e. The van der Waals surface area contributed by atoms with E-state index in [2.05, 4.69) is 5.16 Å². The largest absolute Gasteiger partial charge is 0.361 e. The SMILES string of the molecule is NC1CCc2cnoc2C1. The van der Waals surface area contributed by atoms with E-state index < -0.39 is 0 Å². The van der Waals surface area contributed by atoms with Crippen molar-refractivity contribution in [1.29, 1.82) is 0 Å². The van der Waals surface area contributed by atoms with Crippen molar-refractivity contribution in [2.75, 3.05) is 0 Å². The Hall–Kier alpha value is -0.830. The van der Waals surface area contributed by atoms with Gasteiger partial charge in [0.05, 0.1) is 6.20 Å². The minimum atomic E-state index is 0.278. The van der Waals surface area contributed by atoms with Crippen molar-refractivity contribution in [1.82, 2.24) is 5.16 Å². The summed E-state index contributed by atoms with van der Waals surface area (Å²) in [6.07, 6.45) is 4.74. The lowest BCUT2D eigenvalue weighted by Gasteiger charge is -2.14. The number of aryl methyl sites for hydroxylation is 1. The van der Waals surface area contributed by atoms with Crippen molar-refractivity contribution in [2.45, 2.75) is 25.3 Å². The fraction of sp³-hybridized carbons (Fsp3) is 0.571. The second-order valence-electron chi connectivity index (χ2n) is 2.78. The van der Waals surface area contributed by atoms with Crippen LogP contribution in [0.2, 0.25) is 0 Å². The summed E-state index contributed by atoms with van der Waals surface area (Å²) in [5.41, 5.74) is 6.96. The van der Waals surface area contributed by atoms with Crippen molar-refractivity contribution in [2.24, 2.45) is 5.73 Å². The van der Waals surface area contributed by atoms with Crippen LogP contribution < -0.4 is 5.73 Å². The van der Waals surface area contributed by atoms with E-state index in [0.717, 1.165) is 25.0 Å². The molecule has 3 heteroatoms. The molecule has 1 unspecified atom stereocenters. The first-order chi connectivity index (χ1) is 4.86. The fourth-order valence-electron chi connectivity index (χ4n) is 1.34. The summed E-state index contributed by atoms with van der Waals surface area (Å²) in [6.45, 7) is 0. The zero-order valence-electron chi connectivity index (χ0n) is 5.71. The number of rotatable bonds is 0. The average Bonchev–Trinajstić information content (AvgIpc) is 2.33. The van der Waals surface area contributed by atoms with Crippen molar-refractivity contribution >= 4 is 0 Å². The van der Waals surface area contributed by atoms with Crippen LogP contribution in [0.5, 0.6) is 0 Å². The molecule has 0 fully saturated rings. The van der Waals surface area contributed by atoms with Crippen LogP contribution in [0.3, 0.4) is 0 Å².